The van der Waals surface area contributed by atoms with Crippen LogP contribution in [0.3, 0.4) is 0 Å². The van der Waals surface area contributed by atoms with Crippen LogP contribution in [-0.2, 0) is 11.2 Å². The maximum absolute atomic E-state index is 14.4. The van der Waals surface area contributed by atoms with Crippen molar-refractivity contribution in [3.63, 3.8) is 0 Å². The predicted molar refractivity (Wildman–Crippen MR) is 128 cm³/mol. The van der Waals surface area contributed by atoms with Crippen molar-refractivity contribution in [3.05, 3.63) is 71.1 Å². The molecule has 1 aromatic heterocycles. The van der Waals surface area contributed by atoms with Gasteiger partial charge in [-0.15, -0.1) is 0 Å². The lowest BCUT2D eigenvalue weighted by Gasteiger charge is -2.15. The van der Waals surface area contributed by atoms with Gasteiger partial charge in [0.05, 0.1) is 32.9 Å². The Morgan fingerprint density at radius 3 is 3.03 bits per heavy atom. The number of hydrogen-bond donors (Lipinski definition) is 1. The summed E-state index contributed by atoms with van der Waals surface area (Å²) in [4.78, 5) is 18.3. The fraction of sp³-hybridized carbons (Fsp3) is 0.269. The van der Waals surface area contributed by atoms with Crippen molar-refractivity contribution in [1.29, 1.82) is 5.26 Å². The number of halogens is 1. The van der Waals surface area contributed by atoms with Gasteiger partial charge in [-0.25, -0.2) is 4.39 Å². The minimum absolute atomic E-state index is 0.0104. The smallest absolute Gasteiger partial charge is 0.159 e. The zero-order chi connectivity index (χ0) is 34.4. The van der Waals surface area contributed by atoms with Crippen molar-refractivity contribution in [2.75, 3.05) is 32.5 Å². The maximum atomic E-state index is 14.4. The molecule has 3 rings (SSSR count). The first kappa shape index (κ1) is 12.5. The van der Waals surface area contributed by atoms with Gasteiger partial charge in [-0.2, -0.15) is 5.26 Å². The number of rotatable bonds is 9. The number of anilines is 2. The number of fused-ring (bicyclic) bond motifs is 1. The highest BCUT2D eigenvalue weighted by Crippen LogP contribution is 2.34. The molecule has 0 amide bonds. The molecule has 0 unspecified atom stereocenters. The SMILES string of the molecule is [2H]/C(C(=O)Cc1cc2c(Nc3c([2H])c([2H])c(F)c(C)c3[2H])c(C#N)cnc2cc1OC([2H])([2H])C([2H])([2H])[2H])=C(/[2H])C([2H])([2H])N(C)C. The van der Waals surface area contributed by atoms with E-state index in [0.29, 0.717) is 0 Å². The number of likely N-dealkylation sites (N-methyl/N-ethyl adjacent to an activating group) is 1. The van der Waals surface area contributed by atoms with E-state index in [4.69, 9.17) is 21.2 Å². The number of allylic oxidation sites excluding steroid dienone is 1. The van der Waals surface area contributed by atoms with Crippen molar-refractivity contribution in [1.82, 2.24) is 9.88 Å². The molecular weight excluding hydrogens is 419 g/mol. The third-order valence-corrected chi connectivity index (χ3v) is 4.35. The van der Waals surface area contributed by atoms with E-state index in [1.807, 2.05) is 6.07 Å². The van der Waals surface area contributed by atoms with E-state index in [-0.39, 0.29) is 39.0 Å². The number of nitrogens with one attached hydrogen (secondary N) is 1. The molecule has 1 heterocycles. The van der Waals surface area contributed by atoms with Gasteiger partial charge in [-0.05, 0) is 63.7 Å². The molecule has 1 N–H and O–H groups in total. The Balaban J connectivity index is 2.33. The molecule has 0 aliphatic carbocycles. The average Bonchev–Trinajstić information content (AvgIpc) is 2.95. The first-order valence-corrected chi connectivity index (χ1v) is 9.53. The van der Waals surface area contributed by atoms with Crippen LogP contribution in [0, 0.1) is 24.1 Å². The quantitative estimate of drug-likeness (QED) is 0.458. The lowest BCUT2D eigenvalue weighted by Crippen LogP contribution is -2.11. The lowest BCUT2D eigenvalue weighted by atomic mass is 10.0. The number of hydrogen-bond acceptors (Lipinski definition) is 6. The zero-order valence-electron chi connectivity index (χ0n) is 30.0. The summed E-state index contributed by atoms with van der Waals surface area (Å²) in [5.74, 6) is -2.69. The Morgan fingerprint density at radius 1 is 1.48 bits per heavy atom. The van der Waals surface area contributed by atoms with Gasteiger partial charge in [0.15, 0.2) is 5.78 Å². The standard InChI is InChI=1S/C26H27FN4O2/c1-5-33-25-14-24-22(13-18(25)12-21(32)7-6-10-31(3)4)26(19(15-28)16-29-24)30-20-8-9-23(27)17(2)11-20/h6-9,11,13-14,16H,5,10,12H2,1-4H3,(H,29,30)/b7-6+/i1D3,5D2,6D,7D,8D,9D,10D2,11D. The van der Waals surface area contributed by atoms with Gasteiger partial charge < -0.3 is 15.0 Å². The van der Waals surface area contributed by atoms with E-state index in [2.05, 4.69) is 10.3 Å². The highest BCUT2D eigenvalue weighted by Gasteiger charge is 2.16. The van der Waals surface area contributed by atoms with Crippen molar-refractivity contribution in [3.8, 4) is 11.8 Å². The number of ketones is 1. The molecule has 0 saturated carbocycles. The number of carbonyl (C=O) groups is 1. The first-order chi connectivity index (χ1) is 20.6. The second-order valence-corrected chi connectivity index (χ2v) is 7.01. The number of carbonyl (C=O) groups excluding carboxylic acids is 1. The van der Waals surface area contributed by atoms with Crippen LogP contribution in [0.4, 0.5) is 15.8 Å². The summed E-state index contributed by atoms with van der Waals surface area (Å²) in [6.07, 6.45) is 0.256. The lowest BCUT2D eigenvalue weighted by molar-refractivity contribution is -0.114. The summed E-state index contributed by atoms with van der Waals surface area (Å²) in [5, 5.41) is 12.5. The van der Waals surface area contributed by atoms with Crippen LogP contribution < -0.4 is 10.1 Å². The van der Waals surface area contributed by atoms with Gasteiger partial charge in [0.2, 0.25) is 0 Å². The fourth-order valence-corrected chi connectivity index (χ4v) is 2.87. The number of nitriles is 1. The van der Waals surface area contributed by atoms with Gasteiger partial charge in [0.1, 0.15) is 17.6 Å². The normalized spacial score (nSPS) is 18.3. The largest absolute Gasteiger partial charge is 0.494 e. The van der Waals surface area contributed by atoms with Gasteiger partial charge in [0, 0.05) is 48.7 Å². The molecule has 170 valence electrons. The molecule has 3 aromatic rings. The molecule has 2 aromatic carbocycles. The van der Waals surface area contributed by atoms with Gasteiger partial charge in [0.25, 0.3) is 0 Å². The van der Waals surface area contributed by atoms with Gasteiger partial charge >= 0.3 is 0 Å². The summed E-state index contributed by atoms with van der Waals surface area (Å²) in [5.41, 5.74) is -1.13. The predicted octanol–water partition coefficient (Wildman–Crippen LogP) is 4.93. The van der Waals surface area contributed by atoms with Crippen LogP contribution in [0.1, 0.15) is 40.0 Å². The van der Waals surface area contributed by atoms with E-state index in [1.54, 1.807) is 0 Å². The Bertz CT molecular complexity index is 1740. The fourth-order valence-electron chi connectivity index (χ4n) is 2.87. The summed E-state index contributed by atoms with van der Waals surface area (Å²) in [6, 6.07) is 0.118. The van der Waals surface area contributed by atoms with E-state index in [0.717, 1.165) is 23.2 Å². The summed E-state index contributed by atoms with van der Waals surface area (Å²) in [6.45, 7) is -7.87. The first-order valence-electron chi connectivity index (χ1n) is 15.5. The molecule has 0 atom stereocenters. The molecule has 0 spiro atoms. The Kier molecular flexibility index (Phi) is 4.05. The number of nitrogens with zero attached hydrogens (tertiary/aromatic N) is 3. The number of aromatic nitrogens is 1. The van der Waals surface area contributed by atoms with Crippen molar-refractivity contribution in [2.45, 2.75) is 20.2 Å². The third-order valence-electron chi connectivity index (χ3n) is 4.35. The number of pyridine rings is 1. The Morgan fingerprint density at radius 2 is 2.30 bits per heavy atom. The second-order valence-electron chi connectivity index (χ2n) is 7.01. The third kappa shape index (κ3) is 5.93. The molecule has 7 heteroatoms. The Labute approximate surface area is 210 Å². The topological polar surface area (TPSA) is 78.2 Å². The molecule has 0 bridgehead atoms. The van der Waals surface area contributed by atoms with Gasteiger partial charge in [-0.1, -0.05) is 6.05 Å². The van der Waals surface area contributed by atoms with E-state index < -0.39 is 73.9 Å². The van der Waals surface area contributed by atoms with Crippen LogP contribution in [-0.4, -0.2) is 42.8 Å². The highest BCUT2D eigenvalue weighted by atomic mass is 19.1. The van der Waals surface area contributed by atoms with Crippen LogP contribution in [0.25, 0.3) is 10.9 Å². The van der Waals surface area contributed by atoms with Crippen LogP contribution in [0.5, 0.6) is 5.75 Å². The number of benzene rings is 2. The molecular formula is C26H27FN4O2. The monoisotopic (exact) mass is 458 g/mol. The Hall–Kier alpha value is -3.76. The van der Waals surface area contributed by atoms with Crippen molar-refractivity contribution < 1.29 is 30.4 Å². The van der Waals surface area contributed by atoms with E-state index >= 15 is 0 Å². The molecule has 0 aliphatic heterocycles. The van der Waals surface area contributed by atoms with Gasteiger partial charge in [-0.3, -0.25) is 9.78 Å². The average molecular weight is 459 g/mol. The van der Waals surface area contributed by atoms with Crippen LogP contribution >= 0.6 is 0 Å². The summed E-state index contributed by atoms with van der Waals surface area (Å²) < 4.78 is 115. The van der Waals surface area contributed by atoms with Crippen LogP contribution in [0.2, 0.25) is 0 Å². The molecule has 33 heavy (non-hydrogen) atoms. The molecule has 0 radical (unpaired) electrons. The van der Waals surface area contributed by atoms with Crippen molar-refractivity contribution in [2.24, 2.45) is 0 Å². The highest BCUT2D eigenvalue weighted by molar-refractivity contribution is 5.98. The molecule has 0 saturated heterocycles. The molecule has 0 fully saturated rings. The minimum atomic E-state index is -3.30. The van der Waals surface area contributed by atoms with E-state index in [1.165, 1.54) is 21.0 Å². The summed E-state index contributed by atoms with van der Waals surface area (Å²) in [7, 11) is 2.59. The zero-order valence-corrected chi connectivity index (χ0v) is 18.0. The van der Waals surface area contributed by atoms with E-state index in [9.17, 15) is 14.4 Å². The van der Waals surface area contributed by atoms with Crippen molar-refractivity contribution >= 4 is 28.1 Å². The minimum Gasteiger partial charge on any atom is -0.494 e. The molecule has 6 nitrogen and oxygen atoms in total. The maximum Gasteiger partial charge on any atom is 0.159 e. The number of ether oxygens (including phenoxy) is 1. The molecule has 0 aliphatic rings. The summed E-state index contributed by atoms with van der Waals surface area (Å²) >= 11 is 0. The van der Waals surface area contributed by atoms with Crippen LogP contribution in [0.15, 0.2) is 48.6 Å². The second kappa shape index (κ2) is 10.7.